The van der Waals surface area contributed by atoms with Gasteiger partial charge in [0.15, 0.2) is 5.69 Å². The normalized spacial score (nSPS) is 11.7. The number of anilines is 2. The number of aromatic nitrogens is 2. The fourth-order valence-electron chi connectivity index (χ4n) is 1.14. The van der Waals surface area contributed by atoms with Crippen LogP contribution >= 0.6 is 0 Å². The Morgan fingerprint density at radius 1 is 1.28 bits per heavy atom. The maximum absolute atomic E-state index is 12.5. The number of nitrogens with one attached hydrogen (secondary N) is 2. The number of hydrogen-bond donors (Lipinski definition) is 4. The Hall–Kier alpha value is -1.61. The molecule has 6 nitrogen and oxygen atoms in total. The fraction of sp³-hybridized carbons (Fsp3) is 0.556. The molecule has 18 heavy (non-hydrogen) atoms. The van der Waals surface area contributed by atoms with Gasteiger partial charge in [-0.15, -0.1) is 0 Å². The van der Waals surface area contributed by atoms with Gasteiger partial charge in [-0.3, -0.25) is 0 Å². The summed E-state index contributed by atoms with van der Waals surface area (Å²) >= 11 is 0. The number of rotatable bonds is 5. The van der Waals surface area contributed by atoms with E-state index in [0.29, 0.717) is 6.07 Å². The minimum atomic E-state index is -4.60. The smallest absolute Gasteiger partial charge is 0.394 e. The highest BCUT2D eigenvalue weighted by molar-refractivity contribution is 5.43. The molecule has 9 heteroatoms. The third-order valence-electron chi connectivity index (χ3n) is 2.03. The Balaban J connectivity index is 3.04. The van der Waals surface area contributed by atoms with E-state index >= 15 is 0 Å². The maximum atomic E-state index is 12.5. The first-order valence-electron chi connectivity index (χ1n) is 5.03. The van der Waals surface area contributed by atoms with Crippen LogP contribution in [-0.4, -0.2) is 46.5 Å². The summed E-state index contributed by atoms with van der Waals surface area (Å²) in [6.45, 7) is -0.868. The van der Waals surface area contributed by atoms with Crippen LogP contribution < -0.4 is 10.6 Å². The van der Waals surface area contributed by atoms with Crippen molar-refractivity contribution in [3.8, 4) is 0 Å². The van der Waals surface area contributed by atoms with Crippen LogP contribution in [0.25, 0.3) is 0 Å². The van der Waals surface area contributed by atoms with E-state index in [9.17, 15) is 13.2 Å². The second-order valence-corrected chi connectivity index (χ2v) is 3.42. The lowest BCUT2D eigenvalue weighted by molar-refractivity contribution is -0.141. The van der Waals surface area contributed by atoms with Gasteiger partial charge in [0.2, 0.25) is 5.95 Å². The van der Waals surface area contributed by atoms with Crippen molar-refractivity contribution >= 4 is 11.8 Å². The Labute approximate surface area is 101 Å². The van der Waals surface area contributed by atoms with Gasteiger partial charge in [-0.25, -0.2) is 4.98 Å². The summed E-state index contributed by atoms with van der Waals surface area (Å²) < 4.78 is 37.6. The van der Waals surface area contributed by atoms with Gasteiger partial charge in [0.25, 0.3) is 0 Å². The minimum Gasteiger partial charge on any atom is -0.394 e. The zero-order chi connectivity index (χ0) is 13.8. The van der Waals surface area contributed by atoms with Crippen molar-refractivity contribution in [1.82, 2.24) is 9.97 Å². The molecule has 0 aliphatic heterocycles. The molecule has 0 spiro atoms. The standard InChI is InChI=1S/C9H13F3N4O2/c1-13-8-15-6(9(10,11)12)2-7(16-8)14-5(3-17)4-18/h2,5,17-18H,3-4H2,1H3,(H2,13,14,15,16). The molecule has 1 rings (SSSR count). The molecule has 0 saturated heterocycles. The van der Waals surface area contributed by atoms with E-state index in [-0.39, 0.29) is 11.8 Å². The van der Waals surface area contributed by atoms with Crippen molar-refractivity contribution < 1.29 is 23.4 Å². The van der Waals surface area contributed by atoms with Gasteiger partial charge in [0, 0.05) is 13.1 Å². The van der Waals surface area contributed by atoms with Crippen molar-refractivity contribution in [3.05, 3.63) is 11.8 Å². The van der Waals surface area contributed by atoms with Gasteiger partial charge in [-0.1, -0.05) is 0 Å². The highest BCUT2D eigenvalue weighted by Crippen LogP contribution is 2.29. The summed E-state index contributed by atoms with van der Waals surface area (Å²) in [5, 5.41) is 22.6. The number of halogens is 3. The molecule has 0 atom stereocenters. The number of aliphatic hydroxyl groups is 2. The summed E-state index contributed by atoms with van der Waals surface area (Å²) in [5.41, 5.74) is -1.11. The fourth-order valence-corrected chi connectivity index (χ4v) is 1.14. The molecular weight excluding hydrogens is 253 g/mol. The molecule has 0 radical (unpaired) electrons. The van der Waals surface area contributed by atoms with Crippen LogP contribution in [0.3, 0.4) is 0 Å². The van der Waals surface area contributed by atoms with Crippen LogP contribution in [0.5, 0.6) is 0 Å². The number of aliphatic hydroxyl groups excluding tert-OH is 2. The van der Waals surface area contributed by atoms with Gasteiger partial charge in [0.1, 0.15) is 5.82 Å². The lowest BCUT2D eigenvalue weighted by Crippen LogP contribution is -2.28. The Morgan fingerprint density at radius 3 is 2.33 bits per heavy atom. The van der Waals surface area contributed by atoms with E-state index in [0.717, 1.165) is 0 Å². The molecule has 0 amide bonds. The van der Waals surface area contributed by atoms with E-state index in [1.54, 1.807) is 0 Å². The summed E-state index contributed by atoms with van der Waals surface area (Å²) in [6, 6.07) is -0.0789. The molecule has 1 aromatic heterocycles. The SMILES string of the molecule is CNc1nc(NC(CO)CO)cc(C(F)(F)F)n1. The monoisotopic (exact) mass is 266 g/mol. The van der Waals surface area contributed by atoms with Crippen molar-refractivity contribution in [1.29, 1.82) is 0 Å². The van der Waals surface area contributed by atoms with Crippen LogP contribution in [0, 0.1) is 0 Å². The lowest BCUT2D eigenvalue weighted by Gasteiger charge is -2.16. The first kappa shape index (κ1) is 14.5. The predicted octanol–water partition coefficient (Wildman–Crippen LogP) is 0.302. The zero-order valence-electron chi connectivity index (χ0n) is 9.49. The van der Waals surface area contributed by atoms with Crippen LogP contribution in [-0.2, 0) is 6.18 Å². The van der Waals surface area contributed by atoms with Crippen molar-refractivity contribution in [2.24, 2.45) is 0 Å². The molecule has 0 saturated carbocycles. The summed E-state index contributed by atoms with van der Waals surface area (Å²) in [4.78, 5) is 7.02. The van der Waals surface area contributed by atoms with E-state index < -0.39 is 31.1 Å². The van der Waals surface area contributed by atoms with Crippen LogP contribution in [0.15, 0.2) is 6.07 Å². The maximum Gasteiger partial charge on any atom is 0.433 e. The molecule has 0 aliphatic carbocycles. The molecule has 0 fully saturated rings. The highest BCUT2D eigenvalue weighted by atomic mass is 19.4. The van der Waals surface area contributed by atoms with E-state index in [1.165, 1.54) is 7.05 Å². The summed E-state index contributed by atoms with van der Waals surface area (Å²) in [7, 11) is 1.38. The average Bonchev–Trinajstić information content (AvgIpc) is 2.34. The van der Waals surface area contributed by atoms with Gasteiger partial charge < -0.3 is 20.8 Å². The van der Waals surface area contributed by atoms with Crippen molar-refractivity contribution in [2.75, 3.05) is 30.9 Å². The molecule has 0 aliphatic rings. The third kappa shape index (κ3) is 3.70. The molecule has 1 heterocycles. The molecule has 102 valence electrons. The largest absolute Gasteiger partial charge is 0.433 e. The summed E-state index contributed by atoms with van der Waals surface area (Å²) in [6.07, 6.45) is -4.60. The quantitative estimate of drug-likeness (QED) is 0.613. The molecule has 0 unspecified atom stereocenters. The zero-order valence-corrected chi connectivity index (χ0v) is 9.49. The molecule has 0 aromatic carbocycles. The molecule has 4 N–H and O–H groups in total. The summed E-state index contributed by atoms with van der Waals surface area (Å²) in [5.74, 6) is -0.336. The first-order valence-corrected chi connectivity index (χ1v) is 5.03. The number of hydrogen-bond acceptors (Lipinski definition) is 6. The van der Waals surface area contributed by atoms with Crippen molar-refractivity contribution in [3.63, 3.8) is 0 Å². The number of alkyl halides is 3. The van der Waals surface area contributed by atoms with E-state index in [4.69, 9.17) is 10.2 Å². The van der Waals surface area contributed by atoms with Gasteiger partial charge >= 0.3 is 6.18 Å². The Morgan fingerprint density at radius 2 is 1.89 bits per heavy atom. The topological polar surface area (TPSA) is 90.3 Å². The number of nitrogens with zero attached hydrogens (tertiary/aromatic N) is 2. The van der Waals surface area contributed by atoms with E-state index in [2.05, 4.69) is 20.6 Å². The first-order chi connectivity index (χ1) is 8.40. The van der Waals surface area contributed by atoms with Crippen LogP contribution in [0.4, 0.5) is 24.9 Å². The van der Waals surface area contributed by atoms with Gasteiger partial charge in [-0.2, -0.15) is 18.2 Å². The molecule has 1 aromatic rings. The predicted molar refractivity (Wildman–Crippen MR) is 58.2 cm³/mol. The highest BCUT2D eigenvalue weighted by Gasteiger charge is 2.33. The minimum absolute atomic E-state index is 0.130. The second-order valence-electron chi connectivity index (χ2n) is 3.42. The van der Waals surface area contributed by atoms with Crippen molar-refractivity contribution in [2.45, 2.75) is 12.2 Å². The Kier molecular flexibility index (Phi) is 4.68. The van der Waals surface area contributed by atoms with E-state index in [1.807, 2.05) is 0 Å². The van der Waals surface area contributed by atoms with Crippen LogP contribution in [0.2, 0.25) is 0 Å². The van der Waals surface area contributed by atoms with Gasteiger partial charge in [0.05, 0.1) is 19.3 Å². The van der Waals surface area contributed by atoms with Crippen LogP contribution in [0.1, 0.15) is 5.69 Å². The average molecular weight is 266 g/mol. The molecule has 0 bridgehead atoms. The lowest BCUT2D eigenvalue weighted by atomic mass is 10.3. The Bertz CT molecular complexity index is 396. The second kappa shape index (κ2) is 5.83. The molecular formula is C9H13F3N4O2. The van der Waals surface area contributed by atoms with Gasteiger partial charge in [-0.05, 0) is 0 Å². The third-order valence-corrected chi connectivity index (χ3v) is 2.03.